The third kappa shape index (κ3) is 2.84. The molecule has 2 aromatic rings. The van der Waals surface area contributed by atoms with Gasteiger partial charge in [0.2, 0.25) is 0 Å². The lowest BCUT2D eigenvalue weighted by Crippen LogP contribution is -2.18. The molecule has 0 unspecified atom stereocenters. The van der Waals surface area contributed by atoms with Gasteiger partial charge in [-0.1, -0.05) is 17.9 Å². The standard InChI is InChI=1S/C13H12N2OS/c14-7-3-4-11-6-9-17-12(11)10-15-8-2-1-5-13(15)16/h1-2,5-6,8-9H,7,10,14H2. The van der Waals surface area contributed by atoms with Crippen LogP contribution in [-0.2, 0) is 6.54 Å². The van der Waals surface area contributed by atoms with Crippen molar-refractivity contribution >= 4 is 11.3 Å². The summed E-state index contributed by atoms with van der Waals surface area (Å²) in [7, 11) is 0. The van der Waals surface area contributed by atoms with Gasteiger partial charge in [0.25, 0.3) is 5.56 Å². The molecule has 86 valence electrons. The zero-order chi connectivity index (χ0) is 12.1. The van der Waals surface area contributed by atoms with E-state index < -0.39 is 0 Å². The van der Waals surface area contributed by atoms with Crippen molar-refractivity contribution in [2.24, 2.45) is 5.73 Å². The lowest BCUT2D eigenvalue weighted by molar-refractivity contribution is 0.769. The average molecular weight is 244 g/mol. The van der Waals surface area contributed by atoms with Gasteiger partial charge in [-0.25, -0.2) is 0 Å². The molecular weight excluding hydrogens is 232 g/mol. The van der Waals surface area contributed by atoms with Crippen LogP contribution in [0.1, 0.15) is 10.4 Å². The molecule has 0 amide bonds. The molecule has 0 radical (unpaired) electrons. The molecule has 0 spiro atoms. The number of pyridine rings is 1. The van der Waals surface area contributed by atoms with E-state index >= 15 is 0 Å². The lowest BCUT2D eigenvalue weighted by atomic mass is 10.2. The molecule has 3 nitrogen and oxygen atoms in total. The molecule has 2 heterocycles. The first-order chi connectivity index (χ1) is 8.31. The summed E-state index contributed by atoms with van der Waals surface area (Å²) in [6.45, 7) is 0.909. The summed E-state index contributed by atoms with van der Waals surface area (Å²) in [4.78, 5) is 12.7. The van der Waals surface area contributed by atoms with Gasteiger partial charge in [-0.15, -0.1) is 11.3 Å². The van der Waals surface area contributed by atoms with Gasteiger partial charge in [-0.3, -0.25) is 4.79 Å². The van der Waals surface area contributed by atoms with Crippen molar-refractivity contribution in [1.29, 1.82) is 0 Å². The van der Waals surface area contributed by atoms with Crippen LogP contribution in [0.5, 0.6) is 0 Å². The van der Waals surface area contributed by atoms with Crippen LogP contribution in [0, 0.1) is 11.8 Å². The summed E-state index contributed by atoms with van der Waals surface area (Å²) >= 11 is 1.60. The van der Waals surface area contributed by atoms with Crippen LogP contribution in [0.25, 0.3) is 0 Å². The predicted octanol–water partition coefficient (Wildman–Crippen LogP) is 1.27. The topological polar surface area (TPSA) is 48.0 Å². The Hall–Kier alpha value is -1.83. The van der Waals surface area contributed by atoms with Gasteiger partial charge in [0.05, 0.1) is 13.1 Å². The molecule has 0 aliphatic heterocycles. The number of nitrogens with two attached hydrogens (primary N) is 1. The zero-order valence-corrected chi connectivity index (χ0v) is 10.0. The van der Waals surface area contributed by atoms with Crippen molar-refractivity contribution in [2.45, 2.75) is 6.54 Å². The summed E-state index contributed by atoms with van der Waals surface area (Å²) < 4.78 is 1.67. The minimum atomic E-state index is -0.00126. The lowest BCUT2D eigenvalue weighted by Gasteiger charge is -2.03. The van der Waals surface area contributed by atoms with Crippen molar-refractivity contribution in [3.63, 3.8) is 0 Å². The Balaban J connectivity index is 2.28. The van der Waals surface area contributed by atoms with E-state index in [-0.39, 0.29) is 5.56 Å². The molecule has 17 heavy (non-hydrogen) atoms. The van der Waals surface area contributed by atoms with Crippen LogP contribution in [-0.4, -0.2) is 11.1 Å². The highest BCUT2D eigenvalue weighted by atomic mass is 32.1. The maximum atomic E-state index is 11.6. The van der Waals surface area contributed by atoms with Gasteiger partial charge in [0.15, 0.2) is 0 Å². The third-order valence-corrected chi connectivity index (χ3v) is 3.19. The Morgan fingerprint density at radius 3 is 3.00 bits per heavy atom. The van der Waals surface area contributed by atoms with E-state index in [1.807, 2.05) is 17.5 Å². The van der Waals surface area contributed by atoms with Crippen molar-refractivity contribution in [2.75, 3.05) is 6.54 Å². The van der Waals surface area contributed by atoms with Crippen molar-refractivity contribution < 1.29 is 0 Å². The highest BCUT2D eigenvalue weighted by Crippen LogP contribution is 2.16. The SMILES string of the molecule is NCC#Cc1ccsc1Cn1ccccc1=O. The molecular formula is C13H12N2OS. The molecule has 2 rings (SSSR count). The van der Waals surface area contributed by atoms with Crippen LogP contribution < -0.4 is 11.3 Å². The fourth-order valence-electron chi connectivity index (χ4n) is 1.47. The molecule has 2 aromatic heterocycles. The molecule has 2 N–H and O–H groups in total. The van der Waals surface area contributed by atoms with E-state index in [1.54, 1.807) is 34.2 Å². The first-order valence-corrected chi connectivity index (χ1v) is 6.10. The maximum absolute atomic E-state index is 11.6. The fourth-order valence-corrected chi connectivity index (χ4v) is 2.29. The van der Waals surface area contributed by atoms with E-state index in [2.05, 4.69) is 11.8 Å². The molecule has 0 aliphatic rings. The summed E-state index contributed by atoms with van der Waals surface area (Å²) in [5, 5.41) is 1.98. The van der Waals surface area contributed by atoms with Gasteiger partial charge in [-0.05, 0) is 17.5 Å². The molecule has 0 fully saturated rings. The Labute approximate surface area is 104 Å². The van der Waals surface area contributed by atoms with E-state index in [1.165, 1.54) is 0 Å². The summed E-state index contributed by atoms with van der Waals surface area (Å²) in [5.74, 6) is 5.84. The Morgan fingerprint density at radius 2 is 2.24 bits per heavy atom. The average Bonchev–Trinajstić information content (AvgIpc) is 2.77. The van der Waals surface area contributed by atoms with E-state index in [4.69, 9.17) is 5.73 Å². The van der Waals surface area contributed by atoms with Crippen molar-refractivity contribution in [3.8, 4) is 11.8 Å². The van der Waals surface area contributed by atoms with Crippen LogP contribution in [0.2, 0.25) is 0 Å². The minimum Gasteiger partial charge on any atom is -0.320 e. The summed E-state index contributed by atoms with van der Waals surface area (Å²) in [5.41, 5.74) is 6.30. The highest BCUT2D eigenvalue weighted by Gasteiger charge is 2.03. The molecule has 0 aromatic carbocycles. The fraction of sp³-hybridized carbons (Fsp3) is 0.154. The van der Waals surface area contributed by atoms with E-state index in [0.29, 0.717) is 13.1 Å². The normalized spacial score (nSPS) is 9.71. The van der Waals surface area contributed by atoms with E-state index in [0.717, 1.165) is 10.4 Å². The highest BCUT2D eigenvalue weighted by molar-refractivity contribution is 7.10. The molecule has 0 saturated heterocycles. The monoisotopic (exact) mass is 244 g/mol. The molecule has 0 bridgehead atoms. The Morgan fingerprint density at radius 1 is 1.35 bits per heavy atom. The van der Waals surface area contributed by atoms with Gasteiger partial charge in [-0.2, -0.15) is 0 Å². The molecule has 0 aliphatic carbocycles. The molecule has 4 heteroatoms. The van der Waals surface area contributed by atoms with Crippen LogP contribution in [0.15, 0.2) is 40.6 Å². The first-order valence-electron chi connectivity index (χ1n) is 5.22. The second kappa shape index (κ2) is 5.48. The minimum absolute atomic E-state index is 0.00126. The predicted molar refractivity (Wildman–Crippen MR) is 70.1 cm³/mol. The van der Waals surface area contributed by atoms with Crippen LogP contribution >= 0.6 is 11.3 Å². The number of hydrogen-bond donors (Lipinski definition) is 1. The van der Waals surface area contributed by atoms with E-state index in [9.17, 15) is 4.79 Å². The number of thiophene rings is 1. The van der Waals surface area contributed by atoms with Gasteiger partial charge in [0.1, 0.15) is 0 Å². The van der Waals surface area contributed by atoms with Gasteiger partial charge in [0, 0.05) is 22.7 Å². The smallest absolute Gasteiger partial charge is 0.250 e. The largest absolute Gasteiger partial charge is 0.320 e. The molecule has 0 saturated carbocycles. The zero-order valence-electron chi connectivity index (χ0n) is 9.22. The maximum Gasteiger partial charge on any atom is 0.250 e. The number of hydrogen-bond acceptors (Lipinski definition) is 3. The summed E-state index contributed by atoms with van der Waals surface area (Å²) in [6.07, 6.45) is 1.78. The summed E-state index contributed by atoms with van der Waals surface area (Å²) in [6, 6.07) is 7.10. The molecule has 0 atom stereocenters. The van der Waals surface area contributed by atoms with Crippen LogP contribution in [0.4, 0.5) is 0 Å². The van der Waals surface area contributed by atoms with Gasteiger partial charge >= 0.3 is 0 Å². The number of nitrogens with zero attached hydrogens (tertiary/aromatic N) is 1. The quantitative estimate of drug-likeness (QED) is 0.809. The Kier molecular flexibility index (Phi) is 3.76. The van der Waals surface area contributed by atoms with Crippen molar-refractivity contribution in [3.05, 3.63) is 56.6 Å². The second-order valence-electron chi connectivity index (χ2n) is 3.43. The third-order valence-electron chi connectivity index (χ3n) is 2.28. The first kappa shape index (κ1) is 11.6. The van der Waals surface area contributed by atoms with Crippen molar-refractivity contribution in [1.82, 2.24) is 4.57 Å². The second-order valence-corrected chi connectivity index (χ2v) is 4.43. The van der Waals surface area contributed by atoms with Crippen LogP contribution in [0.3, 0.4) is 0 Å². The van der Waals surface area contributed by atoms with Gasteiger partial charge < -0.3 is 10.3 Å². The Bertz CT molecular complexity index is 616. The number of aromatic nitrogens is 1. The number of rotatable bonds is 2.